The molecule has 26 heavy (non-hydrogen) atoms. The van der Waals surface area contributed by atoms with Gasteiger partial charge in [0.05, 0.1) is 22.6 Å². The van der Waals surface area contributed by atoms with Crippen LogP contribution in [0.5, 0.6) is 0 Å². The highest BCUT2D eigenvalue weighted by Gasteiger charge is 2.56. The lowest BCUT2D eigenvalue weighted by Gasteiger charge is -2.13. The Balaban J connectivity index is 1.78. The molecular formula is C19H14F2N4O. The molecule has 3 heterocycles. The first kappa shape index (κ1) is 15.2. The molecule has 1 unspecified atom stereocenters. The molecule has 1 aliphatic carbocycles. The molecule has 0 saturated heterocycles. The van der Waals surface area contributed by atoms with E-state index < -0.39 is 11.8 Å². The van der Waals surface area contributed by atoms with Crippen LogP contribution in [0.25, 0.3) is 32.9 Å². The minimum Gasteiger partial charge on any atom is -0.307 e. The van der Waals surface area contributed by atoms with Gasteiger partial charge in [-0.05, 0) is 29.3 Å². The van der Waals surface area contributed by atoms with E-state index in [2.05, 4.69) is 15.2 Å². The zero-order valence-corrected chi connectivity index (χ0v) is 13.6. The number of aromatic amines is 1. The zero-order valence-electron chi connectivity index (χ0n) is 13.6. The summed E-state index contributed by atoms with van der Waals surface area (Å²) in [5.41, 5.74) is 2.81. The second-order valence-electron chi connectivity index (χ2n) is 6.70. The van der Waals surface area contributed by atoms with Crippen molar-refractivity contribution in [2.45, 2.75) is 18.9 Å². The number of pyridine rings is 2. The van der Waals surface area contributed by atoms with Crippen LogP contribution in [-0.2, 0) is 6.54 Å². The van der Waals surface area contributed by atoms with E-state index in [0.717, 1.165) is 16.5 Å². The molecule has 0 spiro atoms. The molecule has 5 nitrogen and oxygen atoms in total. The highest BCUT2D eigenvalue weighted by atomic mass is 19.3. The Morgan fingerprint density at radius 1 is 1.15 bits per heavy atom. The van der Waals surface area contributed by atoms with Crippen molar-refractivity contribution in [1.82, 2.24) is 19.7 Å². The highest BCUT2D eigenvalue weighted by Crippen LogP contribution is 2.49. The second kappa shape index (κ2) is 5.20. The SMILES string of the molecule is O=c1c2cn[nH]c2c2ccc(-c3ccncc3)cc2n1CC1CC1(F)F. The summed E-state index contributed by atoms with van der Waals surface area (Å²) in [5.74, 6) is -3.47. The minimum atomic E-state index is -2.68. The summed E-state index contributed by atoms with van der Waals surface area (Å²) in [6.07, 6.45) is 4.66. The molecule has 3 aromatic heterocycles. The van der Waals surface area contributed by atoms with Crippen LogP contribution in [0, 0.1) is 5.92 Å². The van der Waals surface area contributed by atoms with E-state index in [1.54, 1.807) is 12.4 Å². The number of nitrogens with zero attached hydrogens (tertiary/aromatic N) is 3. The van der Waals surface area contributed by atoms with Crippen LogP contribution in [0.15, 0.2) is 53.7 Å². The third kappa shape index (κ3) is 2.23. The van der Waals surface area contributed by atoms with Gasteiger partial charge in [0, 0.05) is 36.7 Å². The molecule has 5 rings (SSSR count). The Labute approximate surface area is 146 Å². The van der Waals surface area contributed by atoms with Crippen molar-refractivity contribution in [1.29, 1.82) is 0 Å². The number of rotatable bonds is 3. The number of aromatic nitrogens is 4. The van der Waals surface area contributed by atoms with Crippen LogP contribution in [0.1, 0.15) is 6.42 Å². The number of halogens is 2. The molecule has 1 saturated carbocycles. The van der Waals surface area contributed by atoms with Gasteiger partial charge in [0.15, 0.2) is 0 Å². The number of hydrogen-bond donors (Lipinski definition) is 1. The molecule has 0 bridgehead atoms. The first-order chi connectivity index (χ1) is 12.5. The molecule has 0 amide bonds. The summed E-state index contributed by atoms with van der Waals surface area (Å²) < 4.78 is 28.4. The Hall–Kier alpha value is -3.09. The maximum Gasteiger partial charge on any atom is 0.262 e. The van der Waals surface area contributed by atoms with Gasteiger partial charge in [-0.15, -0.1) is 0 Å². The molecule has 130 valence electrons. The van der Waals surface area contributed by atoms with Crippen LogP contribution in [0.4, 0.5) is 8.78 Å². The molecule has 1 N–H and O–H groups in total. The summed E-state index contributed by atoms with van der Waals surface area (Å²) >= 11 is 0. The molecule has 0 aliphatic heterocycles. The first-order valence-corrected chi connectivity index (χ1v) is 8.32. The van der Waals surface area contributed by atoms with Gasteiger partial charge < -0.3 is 4.57 Å². The number of H-pyrrole nitrogens is 1. The van der Waals surface area contributed by atoms with Gasteiger partial charge in [-0.1, -0.05) is 12.1 Å². The lowest BCUT2D eigenvalue weighted by Crippen LogP contribution is -2.22. The lowest BCUT2D eigenvalue weighted by molar-refractivity contribution is 0.0952. The monoisotopic (exact) mass is 352 g/mol. The Bertz CT molecular complexity index is 1200. The summed E-state index contributed by atoms with van der Waals surface area (Å²) in [6.45, 7) is 0.00323. The average molecular weight is 352 g/mol. The van der Waals surface area contributed by atoms with Gasteiger partial charge in [0.1, 0.15) is 0 Å². The van der Waals surface area contributed by atoms with Crippen molar-refractivity contribution >= 4 is 21.8 Å². The van der Waals surface area contributed by atoms with E-state index in [9.17, 15) is 13.6 Å². The molecule has 1 aromatic carbocycles. The maximum absolute atomic E-state index is 13.5. The molecule has 4 aromatic rings. The third-order valence-electron chi connectivity index (χ3n) is 5.05. The summed E-state index contributed by atoms with van der Waals surface area (Å²) in [6, 6.07) is 9.44. The number of hydrogen-bond acceptors (Lipinski definition) is 3. The Morgan fingerprint density at radius 2 is 1.92 bits per heavy atom. The third-order valence-corrected chi connectivity index (χ3v) is 5.05. The first-order valence-electron chi connectivity index (χ1n) is 8.32. The van der Waals surface area contributed by atoms with Gasteiger partial charge in [0.2, 0.25) is 0 Å². The van der Waals surface area contributed by atoms with Crippen molar-refractivity contribution in [3.05, 3.63) is 59.3 Å². The van der Waals surface area contributed by atoms with Gasteiger partial charge in [-0.25, -0.2) is 8.78 Å². The van der Waals surface area contributed by atoms with E-state index >= 15 is 0 Å². The normalized spacial score (nSPS) is 18.5. The molecule has 0 radical (unpaired) electrons. The van der Waals surface area contributed by atoms with Crippen LogP contribution < -0.4 is 5.56 Å². The highest BCUT2D eigenvalue weighted by molar-refractivity contribution is 6.04. The fraction of sp³-hybridized carbons (Fsp3) is 0.211. The fourth-order valence-electron chi connectivity index (χ4n) is 3.47. The largest absolute Gasteiger partial charge is 0.307 e. The average Bonchev–Trinajstić information content (AvgIpc) is 3.05. The maximum atomic E-state index is 13.5. The van der Waals surface area contributed by atoms with E-state index in [1.165, 1.54) is 10.8 Å². The minimum absolute atomic E-state index is 0.00323. The van der Waals surface area contributed by atoms with Gasteiger partial charge in [0.25, 0.3) is 11.5 Å². The predicted octanol–water partition coefficient (Wildman–Crippen LogP) is 3.60. The van der Waals surface area contributed by atoms with Crippen molar-refractivity contribution in [3.8, 4) is 11.1 Å². The lowest BCUT2D eigenvalue weighted by atomic mass is 10.0. The van der Waals surface area contributed by atoms with E-state index in [4.69, 9.17) is 0 Å². The van der Waals surface area contributed by atoms with Gasteiger partial charge >= 0.3 is 0 Å². The smallest absolute Gasteiger partial charge is 0.262 e. The molecule has 1 aliphatic rings. The molecule has 1 atom stereocenters. The zero-order chi connectivity index (χ0) is 17.9. The molecule has 1 fully saturated rings. The van der Waals surface area contributed by atoms with E-state index in [0.29, 0.717) is 16.4 Å². The predicted molar refractivity (Wildman–Crippen MR) is 94.1 cm³/mol. The van der Waals surface area contributed by atoms with Gasteiger partial charge in [-0.3, -0.25) is 14.9 Å². The van der Waals surface area contributed by atoms with Gasteiger partial charge in [-0.2, -0.15) is 5.10 Å². The fourth-order valence-corrected chi connectivity index (χ4v) is 3.47. The quantitative estimate of drug-likeness (QED) is 0.613. The van der Waals surface area contributed by atoms with E-state index in [-0.39, 0.29) is 18.5 Å². The number of nitrogens with one attached hydrogen (secondary N) is 1. The summed E-state index contributed by atoms with van der Waals surface area (Å²) in [5, 5.41) is 8.02. The van der Waals surface area contributed by atoms with E-state index in [1.807, 2.05) is 30.3 Å². The Kier molecular flexibility index (Phi) is 3.04. The Morgan fingerprint density at radius 3 is 2.65 bits per heavy atom. The number of alkyl halides is 2. The van der Waals surface area contributed by atoms with Crippen LogP contribution >= 0.6 is 0 Å². The summed E-state index contributed by atoms with van der Waals surface area (Å²) in [7, 11) is 0. The van der Waals surface area contributed by atoms with Crippen molar-refractivity contribution < 1.29 is 8.78 Å². The number of benzene rings is 1. The van der Waals surface area contributed by atoms with Crippen LogP contribution in [-0.4, -0.2) is 25.7 Å². The van der Waals surface area contributed by atoms with Crippen molar-refractivity contribution in [2.24, 2.45) is 5.92 Å². The van der Waals surface area contributed by atoms with Crippen molar-refractivity contribution in [2.75, 3.05) is 0 Å². The second-order valence-corrected chi connectivity index (χ2v) is 6.70. The molecular weight excluding hydrogens is 338 g/mol. The van der Waals surface area contributed by atoms with Crippen LogP contribution in [0.2, 0.25) is 0 Å². The summed E-state index contributed by atoms with van der Waals surface area (Å²) in [4.78, 5) is 16.9. The topological polar surface area (TPSA) is 63.6 Å². The molecule has 7 heteroatoms. The van der Waals surface area contributed by atoms with Crippen LogP contribution in [0.3, 0.4) is 0 Å². The number of fused-ring (bicyclic) bond motifs is 3. The standard InChI is InChI=1S/C19H14F2N4O/c20-19(21)8-13(19)10-25-16-7-12(11-3-5-22-6-4-11)1-2-14(16)17-15(18(25)26)9-23-24-17/h1-7,9,13H,8,10H2,(H,23,24). The van der Waals surface area contributed by atoms with Crippen molar-refractivity contribution in [3.63, 3.8) is 0 Å².